The van der Waals surface area contributed by atoms with Gasteiger partial charge in [0, 0.05) is 11.7 Å². The van der Waals surface area contributed by atoms with Crippen LogP contribution in [0.5, 0.6) is 0 Å². The lowest BCUT2D eigenvalue weighted by atomic mass is 10.2. The molecule has 116 valence electrons. The summed E-state index contributed by atoms with van der Waals surface area (Å²) in [6.07, 6.45) is 4.72. The van der Waals surface area contributed by atoms with Crippen LogP contribution < -0.4 is 15.8 Å². The molecule has 0 aliphatic heterocycles. The fraction of sp³-hybridized carbons (Fsp3) is 0.500. The van der Waals surface area contributed by atoms with E-state index >= 15 is 0 Å². The first-order chi connectivity index (χ1) is 9.92. The molecule has 0 aromatic heterocycles. The molecule has 0 heterocycles. The van der Waals surface area contributed by atoms with Gasteiger partial charge in [-0.25, -0.2) is 13.6 Å². The van der Waals surface area contributed by atoms with Crippen molar-refractivity contribution in [2.24, 2.45) is 5.14 Å². The predicted molar refractivity (Wildman–Crippen MR) is 82.1 cm³/mol. The Hall–Kier alpha value is -1.44. The molecule has 0 bridgehead atoms. The topological polar surface area (TPSA) is 101 Å². The van der Waals surface area contributed by atoms with Crippen molar-refractivity contribution in [1.82, 2.24) is 5.32 Å². The number of benzene rings is 1. The predicted octanol–water partition coefficient (Wildman–Crippen LogP) is 0.946. The molecule has 1 aliphatic rings. The lowest BCUT2D eigenvalue weighted by molar-refractivity contribution is -0.115. The molecule has 0 atom stereocenters. The van der Waals surface area contributed by atoms with Crippen molar-refractivity contribution in [3.63, 3.8) is 0 Å². The molecular weight excluding hydrogens is 290 g/mol. The van der Waals surface area contributed by atoms with Gasteiger partial charge in [0.1, 0.15) is 0 Å². The highest BCUT2D eigenvalue weighted by molar-refractivity contribution is 7.88. The summed E-state index contributed by atoms with van der Waals surface area (Å²) in [5, 5.41) is 11.0. The number of carbonyl (C=O) groups is 1. The van der Waals surface area contributed by atoms with Gasteiger partial charge >= 0.3 is 0 Å². The van der Waals surface area contributed by atoms with Crippen LogP contribution in [0.15, 0.2) is 24.3 Å². The van der Waals surface area contributed by atoms with Crippen molar-refractivity contribution in [2.45, 2.75) is 37.5 Å². The number of amides is 1. The lowest BCUT2D eigenvalue weighted by Crippen LogP contribution is -2.34. The van der Waals surface area contributed by atoms with Crippen LogP contribution >= 0.6 is 0 Å². The molecule has 1 fully saturated rings. The quantitative estimate of drug-likeness (QED) is 0.728. The first-order valence-electron chi connectivity index (χ1n) is 7.05. The van der Waals surface area contributed by atoms with Gasteiger partial charge in [0.25, 0.3) is 0 Å². The molecule has 1 amide bonds. The van der Waals surface area contributed by atoms with E-state index in [1.807, 2.05) is 0 Å². The summed E-state index contributed by atoms with van der Waals surface area (Å²) in [6.45, 7) is 0.295. The summed E-state index contributed by atoms with van der Waals surface area (Å²) in [5.41, 5.74) is 1.24. The molecule has 0 saturated heterocycles. The van der Waals surface area contributed by atoms with Gasteiger partial charge in [-0.15, -0.1) is 0 Å². The Bertz CT molecular complexity index is 578. The number of hydrogen-bond acceptors (Lipinski definition) is 4. The van der Waals surface area contributed by atoms with Crippen molar-refractivity contribution in [2.75, 3.05) is 11.9 Å². The van der Waals surface area contributed by atoms with E-state index < -0.39 is 10.0 Å². The molecule has 4 N–H and O–H groups in total. The van der Waals surface area contributed by atoms with E-state index in [4.69, 9.17) is 5.14 Å². The monoisotopic (exact) mass is 311 g/mol. The van der Waals surface area contributed by atoms with E-state index in [9.17, 15) is 13.2 Å². The molecule has 7 heteroatoms. The lowest BCUT2D eigenvalue weighted by Gasteiger charge is -2.12. The van der Waals surface area contributed by atoms with E-state index in [2.05, 4.69) is 10.6 Å². The maximum Gasteiger partial charge on any atom is 0.238 e. The van der Waals surface area contributed by atoms with Gasteiger partial charge in [-0.05, 0) is 30.5 Å². The zero-order valence-corrected chi connectivity index (χ0v) is 12.7. The number of nitrogens with one attached hydrogen (secondary N) is 2. The molecule has 0 spiro atoms. The number of rotatable bonds is 6. The molecular formula is C14H21N3O3S. The van der Waals surface area contributed by atoms with Gasteiger partial charge in [-0.1, -0.05) is 25.0 Å². The maximum atomic E-state index is 11.8. The Kier molecular flexibility index (Phi) is 5.33. The highest BCUT2D eigenvalue weighted by atomic mass is 32.2. The van der Waals surface area contributed by atoms with Crippen molar-refractivity contribution in [3.05, 3.63) is 29.8 Å². The molecule has 1 aliphatic carbocycles. The number of anilines is 1. The number of nitrogens with two attached hydrogens (primary N) is 1. The summed E-state index contributed by atoms with van der Waals surface area (Å²) in [5.74, 6) is -0.300. The SMILES string of the molecule is NS(=O)(=O)Cc1ccc(NC(=O)CNC2CCCC2)cc1. The van der Waals surface area contributed by atoms with E-state index in [1.54, 1.807) is 24.3 Å². The van der Waals surface area contributed by atoms with Gasteiger partial charge in [-0.3, -0.25) is 4.79 Å². The summed E-state index contributed by atoms with van der Waals surface area (Å²) >= 11 is 0. The van der Waals surface area contributed by atoms with Crippen LogP contribution in [-0.4, -0.2) is 26.9 Å². The molecule has 0 unspecified atom stereocenters. The number of hydrogen-bond donors (Lipinski definition) is 3. The third kappa shape index (κ3) is 5.82. The zero-order chi connectivity index (χ0) is 15.3. The second kappa shape index (κ2) is 7.02. The number of sulfonamides is 1. The number of primary sulfonamides is 1. The van der Waals surface area contributed by atoms with Crippen LogP contribution in [0.2, 0.25) is 0 Å². The molecule has 1 aromatic carbocycles. The summed E-state index contributed by atoms with van der Waals surface area (Å²) in [7, 11) is -3.53. The molecule has 1 saturated carbocycles. The highest BCUT2D eigenvalue weighted by Gasteiger charge is 2.15. The van der Waals surface area contributed by atoms with Crippen LogP contribution in [0.4, 0.5) is 5.69 Å². The Morgan fingerprint density at radius 1 is 1.19 bits per heavy atom. The zero-order valence-electron chi connectivity index (χ0n) is 11.8. The molecule has 0 radical (unpaired) electrons. The standard InChI is InChI=1S/C14H21N3O3S/c15-21(19,20)10-11-5-7-13(8-6-11)17-14(18)9-16-12-3-1-2-4-12/h5-8,12,16H,1-4,9-10H2,(H,17,18)(H2,15,19,20). The third-order valence-electron chi connectivity index (χ3n) is 3.51. The Morgan fingerprint density at radius 3 is 2.38 bits per heavy atom. The van der Waals surface area contributed by atoms with Crippen molar-refractivity contribution < 1.29 is 13.2 Å². The second-order valence-electron chi connectivity index (χ2n) is 5.41. The van der Waals surface area contributed by atoms with Crippen LogP contribution in [-0.2, 0) is 20.6 Å². The molecule has 1 aromatic rings. The summed E-state index contributed by atoms with van der Waals surface area (Å²) in [4.78, 5) is 11.8. The van der Waals surface area contributed by atoms with Crippen LogP contribution in [0.25, 0.3) is 0 Å². The highest BCUT2D eigenvalue weighted by Crippen LogP contribution is 2.17. The Morgan fingerprint density at radius 2 is 1.81 bits per heavy atom. The first kappa shape index (κ1) is 15.9. The van der Waals surface area contributed by atoms with Gasteiger partial charge in [0.2, 0.25) is 15.9 Å². The van der Waals surface area contributed by atoms with Crippen molar-refractivity contribution >= 4 is 21.6 Å². The van der Waals surface area contributed by atoms with E-state index in [0.29, 0.717) is 23.8 Å². The largest absolute Gasteiger partial charge is 0.325 e. The minimum absolute atomic E-state index is 0.0962. The van der Waals surface area contributed by atoms with Crippen LogP contribution in [0.1, 0.15) is 31.2 Å². The molecule has 6 nitrogen and oxygen atoms in total. The van der Waals surface area contributed by atoms with E-state index in [-0.39, 0.29) is 11.7 Å². The average molecular weight is 311 g/mol. The third-order valence-corrected chi connectivity index (χ3v) is 4.25. The number of carbonyl (C=O) groups excluding carboxylic acids is 1. The molecule has 2 rings (SSSR count). The maximum absolute atomic E-state index is 11.8. The fourth-order valence-corrected chi connectivity index (χ4v) is 3.15. The van der Waals surface area contributed by atoms with Gasteiger partial charge in [-0.2, -0.15) is 0 Å². The summed E-state index contributed by atoms with van der Waals surface area (Å²) < 4.78 is 21.9. The minimum Gasteiger partial charge on any atom is -0.325 e. The van der Waals surface area contributed by atoms with Crippen LogP contribution in [0, 0.1) is 0 Å². The minimum atomic E-state index is -3.53. The fourth-order valence-electron chi connectivity index (χ4n) is 2.49. The first-order valence-corrected chi connectivity index (χ1v) is 8.76. The van der Waals surface area contributed by atoms with Crippen LogP contribution in [0.3, 0.4) is 0 Å². The van der Waals surface area contributed by atoms with E-state index in [1.165, 1.54) is 12.8 Å². The van der Waals surface area contributed by atoms with E-state index in [0.717, 1.165) is 12.8 Å². The Balaban J connectivity index is 1.80. The second-order valence-corrected chi connectivity index (χ2v) is 7.03. The van der Waals surface area contributed by atoms with Gasteiger partial charge in [0.15, 0.2) is 0 Å². The van der Waals surface area contributed by atoms with Crippen molar-refractivity contribution in [1.29, 1.82) is 0 Å². The van der Waals surface area contributed by atoms with Crippen molar-refractivity contribution in [3.8, 4) is 0 Å². The summed E-state index contributed by atoms with van der Waals surface area (Å²) in [6, 6.07) is 7.09. The smallest absolute Gasteiger partial charge is 0.238 e. The average Bonchev–Trinajstić information content (AvgIpc) is 2.90. The Labute approximate surface area is 125 Å². The normalized spacial score (nSPS) is 16.0. The molecule has 21 heavy (non-hydrogen) atoms. The van der Waals surface area contributed by atoms with Gasteiger partial charge < -0.3 is 10.6 Å². The van der Waals surface area contributed by atoms with Gasteiger partial charge in [0.05, 0.1) is 12.3 Å².